The molecule has 26 heavy (non-hydrogen) atoms. The Balaban J connectivity index is 1.26. The maximum absolute atomic E-state index is 5.87. The van der Waals surface area contributed by atoms with E-state index in [2.05, 4.69) is 30.6 Å². The first-order valence-corrected chi connectivity index (χ1v) is 11.5. The molecule has 4 nitrogen and oxygen atoms in total. The van der Waals surface area contributed by atoms with Gasteiger partial charge in [0, 0.05) is 24.0 Å². The van der Waals surface area contributed by atoms with Crippen LogP contribution in [0.15, 0.2) is 0 Å². The average Bonchev–Trinajstić information content (AvgIpc) is 3.00. The maximum Gasteiger partial charge on any atom is 0.0900 e. The van der Waals surface area contributed by atoms with Crippen molar-refractivity contribution in [1.82, 2.24) is 14.8 Å². The van der Waals surface area contributed by atoms with E-state index in [1.807, 2.05) is 11.3 Å². The number of likely N-dealkylation sites (tertiary alicyclic amines) is 1. The largest absolute Gasteiger partial charge is 0.373 e. The van der Waals surface area contributed by atoms with E-state index in [0.29, 0.717) is 18.2 Å². The Labute approximate surface area is 162 Å². The molecule has 3 heterocycles. The van der Waals surface area contributed by atoms with Crippen LogP contribution in [0.4, 0.5) is 0 Å². The normalized spacial score (nSPS) is 31.9. The fourth-order valence-corrected chi connectivity index (χ4v) is 6.40. The lowest BCUT2D eigenvalue weighted by atomic mass is 9.89. The zero-order valence-corrected chi connectivity index (χ0v) is 17.6. The van der Waals surface area contributed by atoms with Crippen molar-refractivity contribution >= 4 is 11.3 Å². The molecule has 1 aromatic rings. The topological polar surface area (TPSA) is 28.6 Å². The number of ether oxygens (including phenoxy) is 1. The number of thiazole rings is 1. The molecule has 1 aromatic heterocycles. The Kier molecular flexibility index (Phi) is 5.99. The fourth-order valence-electron chi connectivity index (χ4n) is 5.25. The van der Waals surface area contributed by atoms with E-state index in [1.165, 1.54) is 68.9 Å². The van der Waals surface area contributed by atoms with Crippen LogP contribution in [0.2, 0.25) is 0 Å². The number of rotatable bonds is 4. The van der Waals surface area contributed by atoms with Gasteiger partial charge < -0.3 is 4.74 Å². The molecule has 3 aliphatic rings. The molecule has 146 valence electrons. The smallest absolute Gasteiger partial charge is 0.0900 e. The predicted octanol–water partition coefficient (Wildman–Crippen LogP) is 4.04. The molecule has 0 amide bonds. The zero-order valence-electron chi connectivity index (χ0n) is 16.7. The van der Waals surface area contributed by atoms with Gasteiger partial charge in [-0.25, -0.2) is 4.98 Å². The molecule has 3 unspecified atom stereocenters. The number of aromatic nitrogens is 1. The monoisotopic (exact) mass is 377 g/mol. The summed E-state index contributed by atoms with van der Waals surface area (Å²) in [5.41, 5.74) is 1.40. The molecule has 0 N–H and O–H groups in total. The van der Waals surface area contributed by atoms with Crippen LogP contribution >= 0.6 is 11.3 Å². The van der Waals surface area contributed by atoms with Gasteiger partial charge in [0.05, 0.1) is 22.9 Å². The summed E-state index contributed by atoms with van der Waals surface area (Å²) >= 11 is 1.95. The van der Waals surface area contributed by atoms with Crippen molar-refractivity contribution in [1.29, 1.82) is 0 Å². The second-order valence-electron chi connectivity index (χ2n) is 8.74. The van der Waals surface area contributed by atoms with Crippen molar-refractivity contribution in [3.05, 3.63) is 15.6 Å². The number of fused-ring (bicyclic) bond motifs is 1. The molecule has 0 bridgehead atoms. The lowest BCUT2D eigenvalue weighted by molar-refractivity contribution is -0.0694. The number of hydrogen-bond donors (Lipinski definition) is 0. The highest BCUT2D eigenvalue weighted by Crippen LogP contribution is 2.39. The van der Waals surface area contributed by atoms with E-state index < -0.39 is 0 Å². The first-order valence-electron chi connectivity index (χ1n) is 10.7. The van der Waals surface area contributed by atoms with E-state index >= 15 is 0 Å². The van der Waals surface area contributed by atoms with Gasteiger partial charge >= 0.3 is 0 Å². The molecule has 5 heteroatoms. The van der Waals surface area contributed by atoms with Gasteiger partial charge in [-0.3, -0.25) is 9.80 Å². The van der Waals surface area contributed by atoms with Crippen molar-refractivity contribution in [2.75, 3.05) is 32.7 Å². The third kappa shape index (κ3) is 4.32. The molecule has 0 spiro atoms. The van der Waals surface area contributed by atoms with Gasteiger partial charge in [0.1, 0.15) is 0 Å². The third-order valence-corrected chi connectivity index (χ3v) is 7.58. The molecule has 3 atom stereocenters. The third-order valence-electron chi connectivity index (χ3n) is 6.47. The van der Waals surface area contributed by atoms with Crippen LogP contribution in [-0.4, -0.2) is 59.7 Å². The summed E-state index contributed by atoms with van der Waals surface area (Å²) in [6, 6.07) is 0.659. The predicted molar refractivity (Wildman–Crippen MR) is 108 cm³/mol. The summed E-state index contributed by atoms with van der Waals surface area (Å²) in [5.74, 6) is 0.908. The Morgan fingerprint density at radius 2 is 1.85 bits per heavy atom. The second-order valence-corrected chi connectivity index (χ2v) is 9.97. The van der Waals surface area contributed by atoms with Crippen LogP contribution in [0.5, 0.6) is 0 Å². The van der Waals surface area contributed by atoms with Crippen molar-refractivity contribution in [3.63, 3.8) is 0 Å². The van der Waals surface area contributed by atoms with E-state index in [1.54, 1.807) is 4.88 Å². The Morgan fingerprint density at radius 1 is 1.12 bits per heavy atom. The molecule has 1 aliphatic carbocycles. The van der Waals surface area contributed by atoms with Gasteiger partial charge in [0.25, 0.3) is 0 Å². The first kappa shape index (κ1) is 18.9. The number of nitrogens with zero attached hydrogens (tertiary/aromatic N) is 3. The lowest BCUT2D eigenvalue weighted by Gasteiger charge is -2.40. The van der Waals surface area contributed by atoms with Crippen molar-refractivity contribution in [3.8, 4) is 0 Å². The first-order chi connectivity index (χ1) is 12.6. The highest BCUT2D eigenvalue weighted by Gasteiger charge is 2.31. The number of hydrogen-bond acceptors (Lipinski definition) is 5. The molecule has 0 aromatic carbocycles. The molecule has 2 fully saturated rings. The Morgan fingerprint density at radius 3 is 2.58 bits per heavy atom. The molecule has 4 rings (SSSR count). The fraction of sp³-hybridized carbons (Fsp3) is 0.857. The summed E-state index contributed by atoms with van der Waals surface area (Å²) in [4.78, 5) is 11.8. The van der Waals surface area contributed by atoms with Crippen LogP contribution in [0.3, 0.4) is 0 Å². The SMILES string of the molecule is Cc1nc2c(s1)C(N1CCC(CCN3CC(C)OC(C)C3)CC1)CCC2. The quantitative estimate of drug-likeness (QED) is 0.792. The maximum atomic E-state index is 5.87. The molecular weight excluding hydrogens is 342 g/mol. The van der Waals surface area contributed by atoms with Crippen LogP contribution in [0.1, 0.15) is 67.6 Å². The minimum absolute atomic E-state index is 0.393. The van der Waals surface area contributed by atoms with Gasteiger partial charge in [-0.05, 0) is 84.8 Å². The summed E-state index contributed by atoms with van der Waals surface area (Å²) in [6.45, 7) is 12.6. The van der Waals surface area contributed by atoms with Gasteiger partial charge in [0.15, 0.2) is 0 Å². The number of aryl methyl sites for hydroxylation is 2. The molecule has 0 saturated carbocycles. The minimum atomic E-state index is 0.393. The van der Waals surface area contributed by atoms with E-state index in [4.69, 9.17) is 9.72 Å². The zero-order chi connectivity index (χ0) is 18.1. The summed E-state index contributed by atoms with van der Waals surface area (Å²) in [5, 5.41) is 1.26. The van der Waals surface area contributed by atoms with Crippen molar-refractivity contribution in [2.45, 2.75) is 77.5 Å². The summed E-state index contributed by atoms with van der Waals surface area (Å²) in [6.07, 6.45) is 8.74. The van der Waals surface area contributed by atoms with Gasteiger partial charge in [-0.15, -0.1) is 11.3 Å². The Bertz CT molecular complexity index is 586. The van der Waals surface area contributed by atoms with E-state index in [-0.39, 0.29) is 0 Å². The molecule has 2 aliphatic heterocycles. The second kappa shape index (κ2) is 8.26. The lowest BCUT2D eigenvalue weighted by Crippen LogP contribution is -2.46. The minimum Gasteiger partial charge on any atom is -0.373 e. The Hall–Kier alpha value is -0.490. The highest BCUT2D eigenvalue weighted by atomic mass is 32.1. The summed E-state index contributed by atoms with van der Waals surface area (Å²) in [7, 11) is 0. The standard InChI is InChI=1S/C21H35N3OS/c1-15-13-23(14-16(2)25-15)10-7-18-8-11-24(12-9-18)20-6-4-5-19-21(20)26-17(3)22-19/h15-16,18,20H,4-14H2,1-3H3. The van der Waals surface area contributed by atoms with Gasteiger partial charge in [-0.2, -0.15) is 0 Å². The number of morpholine rings is 1. The van der Waals surface area contributed by atoms with Gasteiger partial charge in [0.2, 0.25) is 0 Å². The average molecular weight is 378 g/mol. The summed E-state index contributed by atoms with van der Waals surface area (Å²) < 4.78 is 5.87. The molecular formula is C21H35N3OS. The van der Waals surface area contributed by atoms with E-state index in [9.17, 15) is 0 Å². The molecule has 2 saturated heterocycles. The number of piperidine rings is 1. The van der Waals surface area contributed by atoms with Crippen LogP contribution < -0.4 is 0 Å². The van der Waals surface area contributed by atoms with Crippen molar-refractivity contribution < 1.29 is 4.74 Å². The van der Waals surface area contributed by atoms with Crippen molar-refractivity contribution in [2.24, 2.45) is 5.92 Å². The highest BCUT2D eigenvalue weighted by molar-refractivity contribution is 7.11. The van der Waals surface area contributed by atoms with Crippen LogP contribution in [0.25, 0.3) is 0 Å². The van der Waals surface area contributed by atoms with E-state index in [0.717, 1.165) is 19.0 Å². The van der Waals surface area contributed by atoms with Crippen LogP contribution in [0, 0.1) is 12.8 Å². The van der Waals surface area contributed by atoms with Crippen LogP contribution in [-0.2, 0) is 11.2 Å². The molecule has 0 radical (unpaired) electrons. The van der Waals surface area contributed by atoms with Gasteiger partial charge in [-0.1, -0.05) is 0 Å².